The van der Waals surface area contributed by atoms with Gasteiger partial charge in [-0.1, -0.05) is 0 Å². The molecule has 0 saturated carbocycles. The van der Waals surface area contributed by atoms with Crippen LogP contribution in [0.3, 0.4) is 0 Å². The van der Waals surface area contributed by atoms with E-state index in [1.54, 1.807) is 0 Å². The highest BCUT2D eigenvalue weighted by Gasteiger charge is 2.09. The second-order valence-corrected chi connectivity index (χ2v) is 2.97. The maximum absolute atomic E-state index is 11.3. The van der Waals surface area contributed by atoms with E-state index in [4.69, 9.17) is 5.11 Å². The Morgan fingerprint density at radius 1 is 1.69 bits per heavy atom. The Balaban J connectivity index is 3.00. The maximum atomic E-state index is 11.3. The molecule has 1 rings (SSSR count). The molecule has 0 aliphatic carbocycles. The van der Waals surface area contributed by atoms with Crippen molar-refractivity contribution in [3.05, 3.63) is 16.8 Å². The summed E-state index contributed by atoms with van der Waals surface area (Å²) in [6, 6.07) is -0.00459. The molecule has 0 spiro atoms. The minimum Gasteiger partial charge on any atom is -0.480 e. The van der Waals surface area contributed by atoms with Crippen molar-refractivity contribution in [1.82, 2.24) is 14.3 Å². The van der Waals surface area contributed by atoms with Gasteiger partial charge in [-0.05, 0) is 13.8 Å². The van der Waals surface area contributed by atoms with Gasteiger partial charge in [0.2, 0.25) is 0 Å². The number of hydrogen-bond acceptors (Lipinski definition) is 3. The van der Waals surface area contributed by atoms with Gasteiger partial charge in [0.05, 0.1) is 0 Å². The van der Waals surface area contributed by atoms with E-state index in [0.29, 0.717) is 0 Å². The van der Waals surface area contributed by atoms with Gasteiger partial charge < -0.3 is 5.11 Å². The van der Waals surface area contributed by atoms with Crippen molar-refractivity contribution < 1.29 is 9.90 Å². The molecule has 0 radical (unpaired) electrons. The third-order valence-electron chi connectivity index (χ3n) is 1.60. The average molecular weight is 185 g/mol. The van der Waals surface area contributed by atoms with Crippen molar-refractivity contribution in [3.63, 3.8) is 0 Å². The number of rotatable bonds is 3. The predicted octanol–water partition coefficient (Wildman–Crippen LogP) is -0.290. The fraction of sp³-hybridized carbons (Fsp3) is 0.571. The van der Waals surface area contributed by atoms with Crippen molar-refractivity contribution in [1.29, 1.82) is 0 Å². The zero-order valence-corrected chi connectivity index (χ0v) is 7.47. The highest BCUT2D eigenvalue weighted by atomic mass is 16.4. The standard InChI is InChI=1S/C7H11N3O3/c1-5(2)9-4-8-10(7(9)13)3-6(11)12/h4-5H,3H2,1-2H3,(H,11,12). The van der Waals surface area contributed by atoms with E-state index in [-0.39, 0.29) is 6.04 Å². The monoisotopic (exact) mass is 185 g/mol. The van der Waals surface area contributed by atoms with Crippen LogP contribution in [0.4, 0.5) is 0 Å². The lowest BCUT2D eigenvalue weighted by Crippen LogP contribution is -2.28. The molecule has 72 valence electrons. The summed E-state index contributed by atoms with van der Waals surface area (Å²) in [5, 5.41) is 12.1. The van der Waals surface area contributed by atoms with E-state index in [0.717, 1.165) is 4.68 Å². The normalized spacial score (nSPS) is 10.7. The third kappa shape index (κ3) is 1.95. The van der Waals surface area contributed by atoms with Gasteiger partial charge in [0, 0.05) is 6.04 Å². The van der Waals surface area contributed by atoms with Gasteiger partial charge in [0.1, 0.15) is 12.9 Å². The molecule has 0 fully saturated rings. The summed E-state index contributed by atoms with van der Waals surface area (Å²) in [5.41, 5.74) is -0.391. The van der Waals surface area contributed by atoms with E-state index in [1.165, 1.54) is 10.9 Å². The van der Waals surface area contributed by atoms with Gasteiger partial charge in [0.25, 0.3) is 0 Å². The number of hydrogen-bond donors (Lipinski definition) is 1. The molecule has 6 heteroatoms. The summed E-state index contributed by atoms with van der Waals surface area (Å²) in [7, 11) is 0. The van der Waals surface area contributed by atoms with Crippen LogP contribution in [0.5, 0.6) is 0 Å². The second-order valence-electron chi connectivity index (χ2n) is 2.97. The number of carbonyl (C=O) groups is 1. The summed E-state index contributed by atoms with van der Waals surface area (Å²) in [6.07, 6.45) is 1.34. The minimum absolute atomic E-state index is 0.00459. The molecule has 6 nitrogen and oxygen atoms in total. The fourth-order valence-corrected chi connectivity index (χ4v) is 0.941. The Bertz CT molecular complexity index is 363. The van der Waals surface area contributed by atoms with Gasteiger partial charge in [-0.25, -0.2) is 9.48 Å². The number of aliphatic carboxylic acids is 1. The fourth-order valence-electron chi connectivity index (χ4n) is 0.941. The first-order valence-corrected chi connectivity index (χ1v) is 3.88. The molecular weight excluding hydrogens is 174 g/mol. The van der Waals surface area contributed by atoms with E-state index in [1.807, 2.05) is 13.8 Å². The Hall–Kier alpha value is -1.59. The van der Waals surface area contributed by atoms with Crippen LogP contribution in [-0.2, 0) is 11.3 Å². The highest BCUT2D eigenvalue weighted by Crippen LogP contribution is 1.96. The number of nitrogens with zero attached hydrogens (tertiary/aromatic N) is 3. The lowest BCUT2D eigenvalue weighted by atomic mass is 10.4. The van der Waals surface area contributed by atoms with E-state index < -0.39 is 18.2 Å². The lowest BCUT2D eigenvalue weighted by Gasteiger charge is -2.01. The molecule has 0 bridgehead atoms. The Labute approximate surface area is 74.4 Å². The summed E-state index contributed by atoms with van der Waals surface area (Å²) in [4.78, 5) is 21.6. The molecule has 0 amide bonds. The molecule has 0 aliphatic heterocycles. The Kier molecular flexibility index (Phi) is 2.50. The highest BCUT2D eigenvalue weighted by molar-refractivity contribution is 5.66. The Morgan fingerprint density at radius 3 is 2.69 bits per heavy atom. The SMILES string of the molecule is CC(C)n1cnn(CC(=O)O)c1=O. The molecule has 0 unspecified atom stereocenters. The van der Waals surface area contributed by atoms with Crippen molar-refractivity contribution in [2.24, 2.45) is 0 Å². The van der Waals surface area contributed by atoms with Crippen LogP contribution < -0.4 is 5.69 Å². The van der Waals surface area contributed by atoms with Crippen LogP contribution in [0.2, 0.25) is 0 Å². The van der Waals surface area contributed by atoms with Crippen molar-refractivity contribution in [2.75, 3.05) is 0 Å². The number of aromatic nitrogens is 3. The first-order valence-electron chi connectivity index (χ1n) is 3.88. The molecule has 13 heavy (non-hydrogen) atoms. The molecule has 1 aromatic heterocycles. The molecule has 1 N–H and O–H groups in total. The quantitative estimate of drug-likeness (QED) is 0.702. The lowest BCUT2D eigenvalue weighted by molar-refractivity contribution is -0.137. The molecular formula is C7H11N3O3. The molecule has 0 saturated heterocycles. The second kappa shape index (κ2) is 3.42. The zero-order valence-electron chi connectivity index (χ0n) is 7.47. The predicted molar refractivity (Wildman–Crippen MR) is 44.5 cm³/mol. The van der Waals surface area contributed by atoms with Gasteiger partial charge in [-0.15, -0.1) is 0 Å². The molecule has 0 atom stereocenters. The summed E-state index contributed by atoms with van der Waals surface area (Å²) in [5.74, 6) is -1.07. The summed E-state index contributed by atoms with van der Waals surface area (Å²) >= 11 is 0. The smallest absolute Gasteiger partial charge is 0.346 e. The van der Waals surface area contributed by atoms with E-state index in [2.05, 4.69) is 5.10 Å². The van der Waals surface area contributed by atoms with Crippen LogP contribution in [0, 0.1) is 0 Å². The van der Waals surface area contributed by atoms with Crippen LogP contribution in [-0.4, -0.2) is 25.4 Å². The van der Waals surface area contributed by atoms with Gasteiger partial charge in [0.15, 0.2) is 0 Å². The van der Waals surface area contributed by atoms with Gasteiger partial charge in [-0.2, -0.15) is 5.10 Å². The molecule has 0 aromatic carbocycles. The average Bonchev–Trinajstić information content (AvgIpc) is 2.32. The maximum Gasteiger partial charge on any atom is 0.346 e. The van der Waals surface area contributed by atoms with Crippen molar-refractivity contribution >= 4 is 5.97 Å². The van der Waals surface area contributed by atoms with Gasteiger partial charge in [-0.3, -0.25) is 9.36 Å². The Morgan fingerprint density at radius 2 is 2.31 bits per heavy atom. The summed E-state index contributed by atoms with van der Waals surface area (Å²) in [6.45, 7) is 3.26. The third-order valence-corrected chi connectivity index (χ3v) is 1.60. The minimum atomic E-state index is -1.07. The number of carboxylic acid groups (broad SMARTS) is 1. The van der Waals surface area contributed by atoms with E-state index in [9.17, 15) is 9.59 Å². The van der Waals surface area contributed by atoms with Crippen molar-refractivity contribution in [3.8, 4) is 0 Å². The summed E-state index contributed by atoms with van der Waals surface area (Å²) < 4.78 is 2.30. The molecule has 1 heterocycles. The van der Waals surface area contributed by atoms with Crippen LogP contribution in [0.1, 0.15) is 19.9 Å². The number of carboxylic acids is 1. The molecule has 1 aromatic rings. The largest absolute Gasteiger partial charge is 0.480 e. The molecule has 0 aliphatic rings. The van der Waals surface area contributed by atoms with Crippen LogP contribution in [0.15, 0.2) is 11.1 Å². The van der Waals surface area contributed by atoms with Crippen molar-refractivity contribution in [2.45, 2.75) is 26.4 Å². The van der Waals surface area contributed by atoms with Crippen LogP contribution in [0.25, 0.3) is 0 Å². The van der Waals surface area contributed by atoms with Crippen LogP contribution >= 0.6 is 0 Å². The first kappa shape index (κ1) is 9.50. The first-order chi connectivity index (χ1) is 6.02. The van der Waals surface area contributed by atoms with Gasteiger partial charge >= 0.3 is 11.7 Å². The topological polar surface area (TPSA) is 77.1 Å². The zero-order chi connectivity index (χ0) is 10.0. The van der Waals surface area contributed by atoms with E-state index >= 15 is 0 Å².